The molecule has 1 fully saturated rings. The smallest absolute Gasteiger partial charge is 0.252 e. The van der Waals surface area contributed by atoms with E-state index in [1.807, 2.05) is 13.8 Å². The van der Waals surface area contributed by atoms with Crippen LogP contribution in [0.15, 0.2) is 24.3 Å². The van der Waals surface area contributed by atoms with Gasteiger partial charge in [-0.25, -0.2) is 8.42 Å². The molecule has 8 heteroatoms. The van der Waals surface area contributed by atoms with Crippen LogP contribution in [-0.2, 0) is 14.8 Å². The maximum atomic E-state index is 12.4. The van der Waals surface area contributed by atoms with Crippen molar-refractivity contribution < 1.29 is 17.9 Å². The van der Waals surface area contributed by atoms with Crippen LogP contribution in [0.3, 0.4) is 0 Å². The van der Waals surface area contributed by atoms with Crippen LogP contribution in [0.25, 0.3) is 0 Å². The number of morpholine rings is 1. The summed E-state index contributed by atoms with van der Waals surface area (Å²) in [6, 6.07) is 6.64. The molecule has 6 nitrogen and oxygen atoms in total. The van der Waals surface area contributed by atoms with Gasteiger partial charge in [0.2, 0.25) is 10.0 Å². The highest BCUT2D eigenvalue weighted by molar-refractivity contribution is 7.89. The van der Waals surface area contributed by atoms with Crippen molar-refractivity contribution in [3.63, 3.8) is 0 Å². The summed E-state index contributed by atoms with van der Waals surface area (Å²) < 4.78 is 31.7. The first-order chi connectivity index (χ1) is 10.8. The fraction of sp³-hybridized carbons (Fsp3) is 0.533. The molecule has 1 aliphatic heterocycles. The molecule has 1 aliphatic rings. The molecule has 2 rings (SSSR count). The van der Waals surface area contributed by atoms with Crippen molar-refractivity contribution in [3.05, 3.63) is 34.9 Å². The molecule has 1 aromatic rings. The normalized spacial score (nSPS) is 22.7. The fourth-order valence-electron chi connectivity index (χ4n) is 2.52. The SMILES string of the molecule is C[C@@H]1CN(S(=O)(=O)CCNC(=O)c2ccccc2Cl)C[C@H](C)O1. The van der Waals surface area contributed by atoms with Gasteiger partial charge < -0.3 is 10.1 Å². The summed E-state index contributed by atoms with van der Waals surface area (Å²) in [4.78, 5) is 12.0. The fourth-order valence-corrected chi connectivity index (χ4v) is 4.23. The Bertz CT molecular complexity index is 655. The highest BCUT2D eigenvalue weighted by Crippen LogP contribution is 2.16. The number of benzene rings is 1. The number of carbonyl (C=O) groups is 1. The molecule has 0 spiro atoms. The lowest BCUT2D eigenvalue weighted by molar-refractivity contribution is -0.0440. The predicted molar refractivity (Wildman–Crippen MR) is 89.2 cm³/mol. The molecule has 1 amide bonds. The van der Waals surface area contributed by atoms with Crippen LogP contribution < -0.4 is 5.32 Å². The Morgan fingerprint density at radius 1 is 1.30 bits per heavy atom. The van der Waals surface area contributed by atoms with Crippen molar-refractivity contribution in [1.29, 1.82) is 0 Å². The number of sulfonamides is 1. The predicted octanol–water partition coefficient (Wildman–Crippen LogP) is 1.51. The van der Waals surface area contributed by atoms with Crippen LogP contribution in [0.2, 0.25) is 5.02 Å². The summed E-state index contributed by atoms with van der Waals surface area (Å²) in [5.41, 5.74) is 0.334. The number of halogens is 1. The number of nitrogens with one attached hydrogen (secondary N) is 1. The van der Waals surface area contributed by atoms with E-state index in [2.05, 4.69) is 5.32 Å². The molecule has 1 heterocycles. The molecule has 0 aliphatic carbocycles. The number of carbonyl (C=O) groups excluding carboxylic acids is 1. The van der Waals surface area contributed by atoms with Crippen molar-refractivity contribution in [2.24, 2.45) is 0 Å². The minimum Gasteiger partial charge on any atom is -0.373 e. The maximum absolute atomic E-state index is 12.4. The van der Waals surface area contributed by atoms with Crippen molar-refractivity contribution in [2.45, 2.75) is 26.1 Å². The number of rotatable bonds is 5. The minimum atomic E-state index is -3.43. The lowest BCUT2D eigenvalue weighted by atomic mass is 10.2. The molecule has 1 N–H and O–H groups in total. The molecule has 0 unspecified atom stereocenters. The van der Waals surface area contributed by atoms with Gasteiger partial charge in [0.05, 0.1) is 28.5 Å². The molecular formula is C15H21ClN2O4S. The van der Waals surface area contributed by atoms with Crippen molar-refractivity contribution in [2.75, 3.05) is 25.4 Å². The van der Waals surface area contributed by atoms with E-state index in [0.29, 0.717) is 23.7 Å². The second-order valence-electron chi connectivity index (χ2n) is 5.63. The standard InChI is InChI=1S/C15H21ClN2O4S/c1-11-9-18(10-12(2)22-11)23(20,21)8-7-17-15(19)13-5-3-4-6-14(13)16/h3-6,11-12H,7-10H2,1-2H3,(H,17,19)/t11-,12+. The van der Waals surface area contributed by atoms with Gasteiger partial charge in [-0.15, -0.1) is 0 Å². The first-order valence-corrected chi connectivity index (χ1v) is 9.44. The van der Waals surface area contributed by atoms with Gasteiger partial charge in [0, 0.05) is 19.6 Å². The van der Waals surface area contributed by atoms with E-state index in [-0.39, 0.29) is 30.4 Å². The molecule has 1 aromatic carbocycles. The van der Waals surface area contributed by atoms with Crippen LogP contribution >= 0.6 is 11.6 Å². The third kappa shape index (κ3) is 4.91. The lowest BCUT2D eigenvalue weighted by Gasteiger charge is -2.34. The Balaban J connectivity index is 1.90. The topological polar surface area (TPSA) is 75.7 Å². The number of nitrogens with zero attached hydrogens (tertiary/aromatic N) is 1. The Kier molecular flexibility index (Phi) is 6.02. The highest BCUT2D eigenvalue weighted by atomic mass is 35.5. The molecule has 0 bridgehead atoms. The van der Waals surface area contributed by atoms with Gasteiger partial charge in [-0.05, 0) is 26.0 Å². The molecule has 1 saturated heterocycles. The lowest BCUT2D eigenvalue weighted by Crippen LogP contribution is -2.49. The zero-order valence-electron chi connectivity index (χ0n) is 13.2. The van der Waals surface area contributed by atoms with Gasteiger partial charge in [0.15, 0.2) is 0 Å². The number of hydrogen-bond donors (Lipinski definition) is 1. The summed E-state index contributed by atoms with van der Waals surface area (Å²) in [6.45, 7) is 4.40. The Morgan fingerprint density at radius 3 is 2.52 bits per heavy atom. The monoisotopic (exact) mass is 360 g/mol. The summed E-state index contributed by atoms with van der Waals surface area (Å²) in [5.74, 6) is -0.530. The van der Waals surface area contributed by atoms with Crippen molar-refractivity contribution in [3.8, 4) is 0 Å². The van der Waals surface area contributed by atoms with E-state index >= 15 is 0 Å². The molecule has 2 atom stereocenters. The van der Waals surface area contributed by atoms with Crippen LogP contribution in [0.1, 0.15) is 24.2 Å². The molecular weight excluding hydrogens is 340 g/mol. The van der Waals surface area contributed by atoms with Crippen LogP contribution in [0.4, 0.5) is 0 Å². The second kappa shape index (κ2) is 7.61. The van der Waals surface area contributed by atoms with Gasteiger partial charge in [-0.3, -0.25) is 4.79 Å². The molecule has 23 heavy (non-hydrogen) atoms. The number of ether oxygens (including phenoxy) is 1. The van der Waals surface area contributed by atoms with E-state index in [4.69, 9.17) is 16.3 Å². The Labute approximate surface area is 141 Å². The number of amides is 1. The van der Waals surface area contributed by atoms with Crippen molar-refractivity contribution >= 4 is 27.5 Å². The molecule has 0 aromatic heterocycles. The molecule has 128 valence electrons. The van der Waals surface area contributed by atoms with Crippen LogP contribution in [0, 0.1) is 0 Å². The third-order valence-electron chi connectivity index (χ3n) is 3.54. The molecule has 0 radical (unpaired) electrons. The third-order valence-corrected chi connectivity index (χ3v) is 5.68. The van der Waals surface area contributed by atoms with E-state index in [0.717, 1.165) is 0 Å². The summed E-state index contributed by atoms with van der Waals surface area (Å²) >= 11 is 5.94. The van der Waals surface area contributed by atoms with Gasteiger partial charge in [0.1, 0.15) is 0 Å². The Hall–Kier alpha value is -1.15. The summed E-state index contributed by atoms with van der Waals surface area (Å²) in [6.07, 6.45) is -0.266. The second-order valence-corrected chi connectivity index (χ2v) is 8.12. The van der Waals surface area contributed by atoms with Gasteiger partial charge >= 0.3 is 0 Å². The van der Waals surface area contributed by atoms with Gasteiger partial charge in [-0.1, -0.05) is 23.7 Å². The van der Waals surface area contributed by atoms with Gasteiger partial charge in [-0.2, -0.15) is 4.31 Å². The van der Waals surface area contributed by atoms with Crippen molar-refractivity contribution in [1.82, 2.24) is 9.62 Å². The van der Waals surface area contributed by atoms with Crippen LogP contribution in [-0.4, -0.2) is 56.2 Å². The van der Waals surface area contributed by atoms with Crippen LogP contribution in [0.5, 0.6) is 0 Å². The zero-order chi connectivity index (χ0) is 17.0. The maximum Gasteiger partial charge on any atom is 0.252 e. The average molecular weight is 361 g/mol. The molecule has 0 saturated carbocycles. The minimum absolute atomic E-state index is 0.0342. The summed E-state index contributed by atoms with van der Waals surface area (Å²) in [7, 11) is -3.43. The quantitative estimate of drug-likeness (QED) is 0.863. The Morgan fingerprint density at radius 2 is 1.91 bits per heavy atom. The van der Waals surface area contributed by atoms with E-state index in [1.165, 1.54) is 4.31 Å². The first kappa shape index (κ1) is 18.2. The number of hydrogen-bond acceptors (Lipinski definition) is 4. The van der Waals surface area contributed by atoms with E-state index < -0.39 is 10.0 Å². The highest BCUT2D eigenvalue weighted by Gasteiger charge is 2.30. The van der Waals surface area contributed by atoms with E-state index in [9.17, 15) is 13.2 Å². The average Bonchev–Trinajstić information content (AvgIpc) is 2.46. The largest absolute Gasteiger partial charge is 0.373 e. The van der Waals surface area contributed by atoms with Gasteiger partial charge in [0.25, 0.3) is 5.91 Å². The van der Waals surface area contributed by atoms with E-state index in [1.54, 1.807) is 24.3 Å². The summed E-state index contributed by atoms with van der Waals surface area (Å²) in [5, 5.41) is 2.93. The first-order valence-electron chi connectivity index (χ1n) is 7.45. The zero-order valence-corrected chi connectivity index (χ0v) is 14.7.